The van der Waals surface area contributed by atoms with E-state index in [2.05, 4.69) is 30.2 Å². The van der Waals surface area contributed by atoms with Crippen LogP contribution in [0.25, 0.3) is 5.70 Å². The molecular weight excluding hydrogens is 438 g/mol. The largest absolute Gasteiger partial charge is 0.497 e. The summed E-state index contributed by atoms with van der Waals surface area (Å²) in [7, 11) is 3.41. The van der Waals surface area contributed by atoms with Crippen molar-refractivity contribution in [2.75, 3.05) is 20.7 Å². The zero-order chi connectivity index (χ0) is 25.0. The van der Waals surface area contributed by atoms with Gasteiger partial charge in [-0.05, 0) is 62.2 Å². The first-order valence-electron chi connectivity index (χ1n) is 11.7. The number of hydrogen-bond acceptors (Lipinski definition) is 5. The SMILES string of the molecule is COc1ccc2c(c1)C(=CC(=O)c1ccc(C(=O)N(C)CCc3ccccn3)cc1)NC(C)(C)C2. The van der Waals surface area contributed by atoms with Gasteiger partial charge in [-0.3, -0.25) is 14.6 Å². The third kappa shape index (κ3) is 5.77. The summed E-state index contributed by atoms with van der Waals surface area (Å²) in [5, 5.41) is 3.49. The molecule has 1 aliphatic rings. The Bertz CT molecular complexity index is 1250. The summed E-state index contributed by atoms with van der Waals surface area (Å²) in [6, 6.07) is 18.6. The first-order chi connectivity index (χ1) is 16.8. The molecule has 0 saturated heterocycles. The van der Waals surface area contributed by atoms with E-state index >= 15 is 0 Å². The molecule has 6 nitrogen and oxygen atoms in total. The number of methoxy groups -OCH3 is 1. The molecule has 1 amide bonds. The topological polar surface area (TPSA) is 71.5 Å². The van der Waals surface area contributed by atoms with Gasteiger partial charge in [0.2, 0.25) is 0 Å². The van der Waals surface area contributed by atoms with Crippen molar-refractivity contribution in [1.29, 1.82) is 0 Å². The number of rotatable bonds is 7. The summed E-state index contributed by atoms with van der Waals surface area (Å²) in [4.78, 5) is 31.9. The van der Waals surface area contributed by atoms with Crippen LogP contribution in [0.1, 0.15) is 51.4 Å². The number of carbonyl (C=O) groups excluding carboxylic acids is 2. The second kappa shape index (κ2) is 10.1. The summed E-state index contributed by atoms with van der Waals surface area (Å²) >= 11 is 0. The molecule has 3 aromatic rings. The summed E-state index contributed by atoms with van der Waals surface area (Å²) < 4.78 is 5.39. The number of amides is 1. The van der Waals surface area contributed by atoms with E-state index in [0.29, 0.717) is 24.1 Å². The van der Waals surface area contributed by atoms with Crippen LogP contribution in [0, 0.1) is 0 Å². The Morgan fingerprint density at radius 3 is 2.51 bits per heavy atom. The molecule has 0 spiro atoms. The van der Waals surface area contributed by atoms with Crippen LogP contribution in [0.15, 0.2) is 72.9 Å². The highest BCUT2D eigenvalue weighted by molar-refractivity contribution is 6.09. The number of hydrogen-bond donors (Lipinski definition) is 1. The van der Waals surface area contributed by atoms with Crippen LogP contribution in [-0.2, 0) is 12.8 Å². The second-order valence-electron chi connectivity index (χ2n) is 9.51. The average molecular weight is 470 g/mol. The number of ether oxygens (including phenoxy) is 1. The van der Waals surface area contributed by atoms with Crippen molar-refractivity contribution in [3.63, 3.8) is 0 Å². The van der Waals surface area contributed by atoms with Crippen molar-refractivity contribution < 1.29 is 14.3 Å². The molecule has 2 heterocycles. The van der Waals surface area contributed by atoms with Gasteiger partial charge >= 0.3 is 0 Å². The molecule has 35 heavy (non-hydrogen) atoms. The van der Waals surface area contributed by atoms with Gasteiger partial charge in [-0.15, -0.1) is 0 Å². The Morgan fingerprint density at radius 1 is 1.09 bits per heavy atom. The second-order valence-corrected chi connectivity index (χ2v) is 9.51. The fourth-order valence-electron chi connectivity index (χ4n) is 4.30. The standard InChI is InChI=1S/C29H31N3O3/c1-29(2)19-22-12-13-24(35-4)17-25(22)26(31-29)18-27(33)20-8-10-21(11-9-20)28(34)32(3)16-14-23-7-5-6-15-30-23/h5-13,15,17-18,31H,14,16,19H2,1-4H3. The van der Waals surface area contributed by atoms with Crippen molar-refractivity contribution in [2.24, 2.45) is 0 Å². The number of nitrogens with zero attached hydrogens (tertiary/aromatic N) is 2. The van der Waals surface area contributed by atoms with Crippen molar-refractivity contribution >= 4 is 17.4 Å². The maximum atomic E-state index is 13.1. The van der Waals surface area contributed by atoms with Gasteiger partial charge in [0.15, 0.2) is 5.78 Å². The maximum Gasteiger partial charge on any atom is 0.253 e. The van der Waals surface area contributed by atoms with Gasteiger partial charge in [0.1, 0.15) is 5.75 Å². The van der Waals surface area contributed by atoms with Crippen LogP contribution >= 0.6 is 0 Å². The van der Waals surface area contributed by atoms with Gasteiger partial charge in [-0.1, -0.05) is 24.3 Å². The number of nitrogens with one attached hydrogen (secondary N) is 1. The molecular formula is C29H31N3O3. The third-order valence-corrected chi connectivity index (χ3v) is 6.18. The molecule has 2 aromatic carbocycles. The third-order valence-electron chi connectivity index (χ3n) is 6.18. The van der Waals surface area contributed by atoms with E-state index in [1.807, 2.05) is 30.3 Å². The highest BCUT2D eigenvalue weighted by Crippen LogP contribution is 2.32. The summed E-state index contributed by atoms with van der Waals surface area (Å²) in [6.07, 6.45) is 4.92. The van der Waals surface area contributed by atoms with Gasteiger partial charge in [0, 0.05) is 65.9 Å². The predicted molar refractivity (Wildman–Crippen MR) is 138 cm³/mol. The molecule has 1 aromatic heterocycles. The van der Waals surface area contributed by atoms with Crippen molar-refractivity contribution in [3.8, 4) is 5.75 Å². The summed E-state index contributed by atoms with van der Waals surface area (Å²) in [5.41, 5.74) is 4.75. The van der Waals surface area contributed by atoms with Crippen LogP contribution < -0.4 is 10.1 Å². The smallest absolute Gasteiger partial charge is 0.253 e. The minimum atomic E-state index is -0.177. The molecule has 0 unspecified atom stereocenters. The Morgan fingerprint density at radius 2 is 1.83 bits per heavy atom. The molecule has 180 valence electrons. The molecule has 6 heteroatoms. The van der Waals surface area contributed by atoms with E-state index in [-0.39, 0.29) is 17.2 Å². The van der Waals surface area contributed by atoms with Gasteiger partial charge in [0.05, 0.1) is 7.11 Å². The Kier molecular flexibility index (Phi) is 7.01. The number of likely N-dealkylation sites (N-methyl/N-ethyl adjacent to an activating group) is 1. The number of ketones is 1. The number of allylic oxidation sites excluding steroid dienone is 1. The molecule has 0 saturated carbocycles. The lowest BCUT2D eigenvalue weighted by Gasteiger charge is -2.35. The zero-order valence-electron chi connectivity index (χ0n) is 20.7. The van der Waals surface area contributed by atoms with Gasteiger partial charge in [0.25, 0.3) is 5.91 Å². The molecule has 1 aliphatic heterocycles. The molecule has 0 bridgehead atoms. The van der Waals surface area contributed by atoms with Gasteiger partial charge in [-0.25, -0.2) is 0 Å². The van der Waals surface area contributed by atoms with Crippen LogP contribution in [0.4, 0.5) is 0 Å². The monoisotopic (exact) mass is 469 g/mol. The highest BCUT2D eigenvalue weighted by Gasteiger charge is 2.28. The summed E-state index contributed by atoms with van der Waals surface area (Å²) in [5.74, 6) is 0.537. The number of pyridine rings is 1. The molecule has 0 aliphatic carbocycles. The van der Waals surface area contributed by atoms with Crippen LogP contribution in [0.3, 0.4) is 0 Å². The molecule has 0 fully saturated rings. The van der Waals surface area contributed by atoms with E-state index in [0.717, 1.165) is 29.1 Å². The zero-order valence-corrected chi connectivity index (χ0v) is 20.7. The van der Waals surface area contributed by atoms with Gasteiger partial charge < -0.3 is 15.0 Å². The fraction of sp³-hybridized carbons (Fsp3) is 0.276. The lowest BCUT2D eigenvalue weighted by atomic mass is 9.85. The quantitative estimate of drug-likeness (QED) is 0.406. The lowest BCUT2D eigenvalue weighted by Crippen LogP contribution is -2.43. The van der Waals surface area contributed by atoms with Crippen LogP contribution in [0.5, 0.6) is 5.75 Å². The minimum absolute atomic E-state index is 0.0880. The first kappa shape index (κ1) is 24.2. The molecule has 4 rings (SSSR count). The maximum absolute atomic E-state index is 13.1. The first-order valence-corrected chi connectivity index (χ1v) is 11.7. The molecule has 0 radical (unpaired) electrons. The number of carbonyl (C=O) groups is 2. The van der Waals surface area contributed by atoms with Gasteiger partial charge in [-0.2, -0.15) is 0 Å². The van der Waals surface area contributed by atoms with E-state index in [1.54, 1.807) is 55.6 Å². The number of aromatic nitrogens is 1. The van der Waals surface area contributed by atoms with E-state index in [1.165, 1.54) is 5.56 Å². The van der Waals surface area contributed by atoms with Crippen LogP contribution in [-0.4, -0.2) is 47.8 Å². The van der Waals surface area contributed by atoms with Crippen molar-refractivity contribution in [1.82, 2.24) is 15.2 Å². The Labute approximate surface area is 206 Å². The highest BCUT2D eigenvalue weighted by atomic mass is 16.5. The van der Waals surface area contributed by atoms with Crippen molar-refractivity contribution in [3.05, 3.63) is 101 Å². The molecule has 1 N–H and O–H groups in total. The minimum Gasteiger partial charge on any atom is -0.497 e. The number of benzene rings is 2. The molecule has 0 atom stereocenters. The lowest BCUT2D eigenvalue weighted by molar-refractivity contribution is 0.0796. The Hall–Kier alpha value is -3.93. The van der Waals surface area contributed by atoms with E-state index in [4.69, 9.17) is 4.74 Å². The normalized spacial score (nSPS) is 15.1. The Balaban J connectivity index is 1.48. The van der Waals surface area contributed by atoms with E-state index in [9.17, 15) is 9.59 Å². The average Bonchev–Trinajstić information content (AvgIpc) is 2.86. The summed E-state index contributed by atoms with van der Waals surface area (Å²) in [6.45, 7) is 4.79. The fourth-order valence-corrected chi connectivity index (χ4v) is 4.30. The predicted octanol–water partition coefficient (Wildman–Crippen LogP) is 4.55. The van der Waals surface area contributed by atoms with Crippen molar-refractivity contribution in [2.45, 2.75) is 32.2 Å². The van der Waals surface area contributed by atoms with Crippen LogP contribution in [0.2, 0.25) is 0 Å². The number of fused-ring (bicyclic) bond motifs is 1. The van der Waals surface area contributed by atoms with E-state index < -0.39 is 0 Å².